The molecule has 0 aliphatic carbocycles. The fraction of sp³-hybridized carbons (Fsp3) is 0. The first-order chi connectivity index (χ1) is 10.3. The second-order valence-corrected chi connectivity index (χ2v) is 4.17. The number of nitrogens with one attached hydrogen (secondary N) is 1. The van der Waals surface area contributed by atoms with Crippen LogP contribution in [0.4, 0.5) is 11.4 Å². The molecule has 2 aromatic heterocycles. The van der Waals surface area contributed by atoms with Crippen LogP contribution in [0, 0.1) is 0 Å². The predicted molar refractivity (Wildman–Crippen MR) is 75.8 cm³/mol. The molecule has 0 saturated carbocycles. The molecule has 0 unspecified atom stereocenters. The number of amides is 1. The molecule has 0 atom stereocenters. The molecule has 3 rings (SSSR count). The number of aromatic nitrogens is 5. The van der Waals surface area contributed by atoms with Crippen LogP contribution in [-0.4, -0.2) is 31.1 Å². The molecule has 8 heteroatoms. The van der Waals surface area contributed by atoms with Gasteiger partial charge in [-0.2, -0.15) is 4.68 Å². The minimum atomic E-state index is -0.395. The van der Waals surface area contributed by atoms with E-state index in [4.69, 9.17) is 5.73 Å². The van der Waals surface area contributed by atoms with Gasteiger partial charge in [0, 0.05) is 6.20 Å². The Kier molecular flexibility index (Phi) is 3.26. The van der Waals surface area contributed by atoms with Crippen molar-refractivity contribution in [2.75, 3.05) is 11.1 Å². The highest BCUT2D eigenvalue weighted by atomic mass is 16.1. The van der Waals surface area contributed by atoms with E-state index >= 15 is 0 Å². The Hall–Kier alpha value is -3.29. The number of pyridine rings is 1. The smallest absolute Gasteiger partial charge is 0.276 e. The number of benzene rings is 1. The molecule has 0 aliphatic rings. The van der Waals surface area contributed by atoms with E-state index < -0.39 is 5.91 Å². The Morgan fingerprint density at radius 3 is 2.81 bits per heavy atom. The zero-order valence-corrected chi connectivity index (χ0v) is 10.8. The lowest BCUT2D eigenvalue weighted by molar-refractivity contribution is 0.102. The summed E-state index contributed by atoms with van der Waals surface area (Å²) in [6, 6.07) is 10.4. The molecule has 3 aromatic rings. The maximum Gasteiger partial charge on any atom is 0.276 e. The Bertz CT molecular complexity index is 770. The maximum absolute atomic E-state index is 12.2. The number of tetrazole rings is 1. The van der Waals surface area contributed by atoms with Crippen LogP contribution < -0.4 is 11.1 Å². The minimum absolute atomic E-state index is 0.170. The van der Waals surface area contributed by atoms with Crippen molar-refractivity contribution >= 4 is 17.3 Å². The van der Waals surface area contributed by atoms with Crippen molar-refractivity contribution in [3.05, 3.63) is 54.6 Å². The average molecular weight is 281 g/mol. The second kappa shape index (κ2) is 5.37. The molecule has 0 aliphatic heterocycles. The van der Waals surface area contributed by atoms with E-state index in [2.05, 4.69) is 25.8 Å². The van der Waals surface area contributed by atoms with Gasteiger partial charge < -0.3 is 11.1 Å². The van der Waals surface area contributed by atoms with Crippen molar-refractivity contribution < 1.29 is 4.79 Å². The number of nitrogens with zero attached hydrogens (tertiary/aromatic N) is 5. The zero-order valence-electron chi connectivity index (χ0n) is 10.8. The van der Waals surface area contributed by atoms with Crippen molar-refractivity contribution in [2.24, 2.45) is 0 Å². The van der Waals surface area contributed by atoms with E-state index in [1.165, 1.54) is 17.2 Å². The van der Waals surface area contributed by atoms with Crippen LogP contribution in [0.1, 0.15) is 10.5 Å². The van der Waals surface area contributed by atoms with Gasteiger partial charge in [-0.3, -0.25) is 4.79 Å². The lowest BCUT2D eigenvalue weighted by Crippen LogP contribution is -2.17. The number of anilines is 2. The van der Waals surface area contributed by atoms with Gasteiger partial charge in [-0.1, -0.05) is 12.1 Å². The number of hydrogen-bond acceptors (Lipinski definition) is 6. The number of carbonyl (C=O) groups is 1. The quantitative estimate of drug-likeness (QED) is 0.737. The van der Waals surface area contributed by atoms with Gasteiger partial charge in [0.25, 0.3) is 5.91 Å². The Balaban J connectivity index is 1.93. The summed E-state index contributed by atoms with van der Waals surface area (Å²) in [7, 11) is 0. The van der Waals surface area contributed by atoms with E-state index in [1.807, 2.05) is 6.07 Å². The molecule has 0 radical (unpaired) electrons. The lowest BCUT2D eigenvalue weighted by atomic mass is 10.2. The predicted octanol–water partition coefficient (Wildman–Crippen LogP) is 0.892. The molecular formula is C13H11N7O. The summed E-state index contributed by atoms with van der Waals surface area (Å²) in [5.41, 5.74) is 7.43. The fourth-order valence-electron chi connectivity index (χ4n) is 1.84. The van der Waals surface area contributed by atoms with Crippen LogP contribution in [-0.2, 0) is 0 Å². The average Bonchev–Trinajstić information content (AvgIpc) is 3.02. The number of nitrogen functional groups attached to an aromatic ring is 1. The van der Waals surface area contributed by atoms with Crippen LogP contribution in [0.3, 0.4) is 0 Å². The SMILES string of the molecule is Nc1cccnc1C(=O)Nc1ccccc1-n1cnnn1. The van der Waals surface area contributed by atoms with Gasteiger partial charge in [0.05, 0.1) is 17.1 Å². The topological polar surface area (TPSA) is 112 Å². The molecule has 0 spiro atoms. The summed E-state index contributed by atoms with van der Waals surface area (Å²) >= 11 is 0. The molecule has 2 heterocycles. The molecule has 3 N–H and O–H groups in total. The third-order valence-corrected chi connectivity index (χ3v) is 2.80. The molecule has 1 aromatic carbocycles. The molecule has 0 saturated heterocycles. The van der Waals surface area contributed by atoms with E-state index in [9.17, 15) is 4.79 Å². The summed E-state index contributed by atoms with van der Waals surface area (Å²) in [5, 5.41) is 13.7. The van der Waals surface area contributed by atoms with Crippen molar-refractivity contribution in [1.82, 2.24) is 25.2 Å². The van der Waals surface area contributed by atoms with E-state index in [1.54, 1.807) is 30.3 Å². The van der Waals surface area contributed by atoms with Gasteiger partial charge in [0.15, 0.2) is 5.69 Å². The standard InChI is InChI=1S/C13H11N7O/c14-9-4-3-7-15-12(9)13(21)17-10-5-1-2-6-11(10)20-8-16-18-19-20/h1-8H,14H2,(H,17,21). The maximum atomic E-state index is 12.2. The lowest BCUT2D eigenvalue weighted by Gasteiger charge is -2.10. The minimum Gasteiger partial charge on any atom is -0.397 e. The van der Waals surface area contributed by atoms with Gasteiger partial charge in [0.1, 0.15) is 6.33 Å². The Morgan fingerprint density at radius 1 is 1.19 bits per heavy atom. The Morgan fingerprint density at radius 2 is 2.05 bits per heavy atom. The number of hydrogen-bond donors (Lipinski definition) is 2. The monoisotopic (exact) mass is 281 g/mol. The molecule has 1 amide bonds. The van der Waals surface area contributed by atoms with Gasteiger partial charge in [-0.25, -0.2) is 4.98 Å². The summed E-state index contributed by atoms with van der Waals surface area (Å²) in [6.07, 6.45) is 2.96. The highest BCUT2D eigenvalue weighted by molar-refractivity contribution is 6.07. The zero-order chi connectivity index (χ0) is 14.7. The molecule has 8 nitrogen and oxygen atoms in total. The number of para-hydroxylation sites is 2. The molecular weight excluding hydrogens is 270 g/mol. The summed E-state index contributed by atoms with van der Waals surface area (Å²) in [4.78, 5) is 16.2. The van der Waals surface area contributed by atoms with Gasteiger partial charge in [0.2, 0.25) is 0 Å². The third-order valence-electron chi connectivity index (χ3n) is 2.80. The van der Waals surface area contributed by atoms with Crippen molar-refractivity contribution in [2.45, 2.75) is 0 Å². The number of carbonyl (C=O) groups excluding carboxylic acids is 1. The molecule has 0 fully saturated rings. The summed E-state index contributed by atoms with van der Waals surface area (Å²) in [5.74, 6) is -0.395. The summed E-state index contributed by atoms with van der Waals surface area (Å²) < 4.78 is 1.46. The van der Waals surface area contributed by atoms with Gasteiger partial charge in [-0.15, -0.1) is 5.10 Å². The Labute approximate surface area is 119 Å². The van der Waals surface area contributed by atoms with E-state index in [0.29, 0.717) is 17.1 Å². The highest BCUT2D eigenvalue weighted by Crippen LogP contribution is 2.19. The van der Waals surface area contributed by atoms with Gasteiger partial charge in [-0.05, 0) is 34.7 Å². The fourth-order valence-corrected chi connectivity index (χ4v) is 1.84. The first-order valence-corrected chi connectivity index (χ1v) is 6.10. The van der Waals surface area contributed by atoms with Crippen molar-refractivity contribution in [3.63, 3.8) is 0 Å². The second-order valence-electron chi connectivity index (χ2n) is 4.17. The largest absolute Gasteiger partial charge is 0.397 e. The first kappa shape index (κ1) is 12.7. The van der Waals surface area contributed by atoms with Crippen LogP contribution >= 0.6 is 0 Å². The number of rotatable bonds is 3. The molecule has 21 heavy (non-hydrogen) atoms. The number of nitrogens with two attached hydrogens (primary N) is 1. The van der Waals surface area contributed by atoms with Crippen LogP contribution in [0.15, 0.2) is 48.9 Å². The van der Waals surface area contributed by atoms with Crippen molar-refractivity contribution in [1.29, 1.82) is 0 Å². The van der Waals surface area contributed by atoms with Crippen LogP contribution in [0.5, 0.6) is 0 Å². The van der Waals surface area contributed by atoms with E-state index in [0.717, 1.165) is 0 Å². The van der Waals surface area contributed by atoms with Crippen LogP contribution in [0.2, 0.25) is 0 Å². The highest BCUT2D eigenvalue weighted by Gasteiger charge is 2.13. The summed E-state index contributed by atoms with van der Waals surface area (Å²) in [6.45, 7) is 0. The van der Waals surface area contributed by atoms with Crippen molar-refractivity contribution in [3.8, 4) is 5.69 Å². The van der Waals surface area contributed by atoms with Crippen LogP contribution in [0.25, 0.3) is 5.69 Å². The molecule has 104 valence electrons. The molecule has 0 bridgehead atoms. The van der Waals surface area contributed by atoms with E-state index in [-0.39, 0.29) is 5.69 Å². The third kappa shape index (κ3) is 2.54. The van der Waals surface area contributed by atoms with Gasteiger partial charge >= 0.3 is 0 Å². The first-order valence-electron chi connectivity index (χ1n) is 6.10. The normalized spacial score (nSPS) is 10.3.